The summed E-state index contributed by atoms with van der Waals surface area (Å²) in [6.45, 7) is 0. The van der Waals surface area contributed by atoms with Gasteiger partial charge in [-0.25, -0.2) is 9.78 Å². The van der Waals surface area contributed by atoms with Gasteiger partial charge in [0.25, 0.3) is 0 Å². The fourth-order valence-corrected chi connectivity index (χ4v) is 2.98. The molecule has 0 radical (unpaired) electrons. The fraction of sp³-hybridized carbons (Fsp3) is 0.250. The molecule has 0 saturated carbocycles. The van der Waals surface area contributed by atoms with Gasteiger partial charge in [-0.3, -0.25) is 4.79 Å². The fourth-order valence-electron chi connectivity index (χ4n) is 2.98. The highest BCUT2D eigenvalue weighted by Crippen LogP contribution is 2.19. The van der Waals surface area contributed by atoms with Crippen LogP contribution in [0, 0.1) is 0 Å². The summed E-state index contributed by atoms with van der Waals surface area (Å²) >= 11 is 0. The maximum absolute atomic E-state index is 12.4. The molecule has 0 saturated heterocycles. The standard InChI is InChI=1S/C20H21N3O3/c1-26-20(25)18(11-16-12-21-13-22-16)23-19(24)10-9-15-7-4-6-14-5-2-3-8-17(14)15/h2-8,12-13,18H,9-11H2,1H3,(H,21,22)(H,23,24). The van der Waals surface area contributed by atoms with Crippen molar-refractivity contribution in [3.05, 3.63) is 66.2 Å². The zero-order valence-electron chi connectivity index (χ0n) is 14.6. The van der Waals surface area contributed by atoms with Gasteiger partial charge in [0.1, 0.15) is 6.04 Å². The molecule has 26 heavy (non-hydrogen) atoms. The SMILES string of the molecule is COC(=O)C(Cc1cnc[nH]1)NC(=O)CCc1cccc2ccccc12. The van der Waals surface area contributed by atoms with Crippen LogP contribution in [0.3, 0.4) is 0 Å². The molecule has 0 bridgehead atoms. The zero-order chi connectivity index (χ0) is 18.4. The first-order valence-corrected chi connectivity index (χ1v) is 8.48. The van der Waals surface area contributed by atoms with Gasteiger partial charge in [0.2, 0.25) is 5.91 Å². The van der Waals surface area contributed by atoms with Crippen LogP contribution in [-0.4, -0.2) is 35.0 Å². The minimum Gasteiger partial charge on any atom is -0.467 e. The highest BCUT2D eigenvalue weighted by atomic mass is 16.5. The number of aromatic amines is 1. The number of H-pyrrole nitrogens is 1. The Hall–Kier alpha value is -3.15. The van der Waals surface area contributed by atoms with Crippen LogP contribution in [0.5, 0.6) is 0 Å². The molecule has 3 rings (SSSR count). The van der Waals surface area contributed by atoms with Gasteiger partial charge in [-0.05, 0) is 22.8 Å². The molecule has 0 aliphatic carbocycles. The molecule has 2 aromatic carbocycles. The largest absolute Gasteiger partial charge is 0.467 e. The summed E-state index contributed by atoms with van der Waals surface area (Å²) < 4.78 is 4.79. The summed E-state index contributed by atoms with van der Waals surface area (Å²) in [7, 11) is 1.31. The maximum atomic E-state index is 12.4. The second kappa shape index (κ2) is 8.29. The van der Waals surface area contributed by atoms with E-state index in [2.05, 4.69) is 33.5 Å². The summed E-state index contributed by atoms with van der Waals surface area (Å²) in [6, 6.07) is 13.4. The van der Waals surface area contributed by atoms with E-state index in [0.29, 0.717) is 19.3 Å². The van der Waals surface area contributed by atoms with Crippen molar-refractivity contribution in [3.8, 4) is 0 Å². The Morgan fingerprint density at radius 1 is 1.19 bits per heavy atom. The van der Waals surface area contributed by atoms with Crippen molar-refractivity contribution < 1.29 is 14.3 Å². The van der Waals surface area contributed by atoms with Crippen LogP contribution in [0.25, 0.3) is 10.8 Å². The molecule has 1 atom stereocenters. The van der Waals surface area contributed by atoms with Crippen molar-refractivity contribution in [2.45, 2.75) is 25.3 Å². The van der Waals surface area contributed by atoms with Gasteiger partial charge in [0.15, 0.2) is 0 Å². The lowest BCUT2D eigenvalue weighted by atomic mass is 10.0. The van der Waals surface area contributed by atoms with Crippen LogP contribution >= 0.6 is 0 Å². The van der Waals surface area contributed by atoms with E-state index >= 15 is 0 Å². The van der Waals surface area contributed by atoms with Gasteiger partial charge in [0, 0.05) is 24.7 Å². The van der Waals surface area contributed by atoms with Gasteiger partial charge in [-0.2, -0.15) is 0 Å². The number of hydrogen-bond acceptors (Lipinski definition) is 4. The van der Waals surface area contributed by atoms with Crippen LogP contribution in [-0.2, 0) is 27.2 Å². The molecule has 3 aromatic rings. The molecule has 134 valence electrons. The smallest absolute Gasteiger partial charge is 0.328 e. The van der Waals surface area contributed by atoms with Crippen LogP contribution in [0.2, 0.25) is 0 Å². The number of rotatable bonds is 7. The molecule has 0 aliphatic heterocycles. The quantitative estimate of drug-likeness (QED) is 0.640. The number of fused-ring (bicyclic) bond motifs is 1. The second-order valence-corrected chi connectivity index (χ2v) is 6.06. The van der Waals surface area contributed by atoms with Gasteiger partial charge in [-0.1, -0.05) is 42.5 Å². The van der Waals surface area contributed by atoms with Crippen molar-refractivity contribution in [2.75, 3.05) is 7.11 Å². The maximum Gasteiger partial charge on any atom is 0.328 e. The van der Waals surface area contributed by atoms with E-state index in [-0.39, 0.29) is 5.91 Å². The van der Waals surface area contributed by atoms with Crippen LogP contribution in [0.4, 0.5) is 0 Å². The van der Waals surface area contributed by atoms with E-state index in [1.54, 1.807) is 6.20 Å². The summed E-state index contributed by atoms with van der Waals surface area (Å²) in [4.78, 5) is 31.2. The number of benzene rings is 2. The summed E-state index contributed by atoms with van der Waals surface area (Å²) in [5.41, 5.74) is 1.87. The third-order valence-electron chi connectivity index (χ3n) is 4.30. The van der Waals surface area contributed by atoms with Crippen molar-refractivity contribution in [2.24, 2.45) is 0 Å². The third-order valence-corrected chi connectivity index (χ3v) is 4.30. The summed E-state index contributed by atoms with van der Waals surface area (Å²) in [5, 5.41) is 5.06. The molecule has 6 nitrogen and oxygen atoms in total. The average molecular weight is 351 g/mol. The number of esters is 1. The number of methoxy groups -OCH3 is 1. The number of aromatic nitrogens is 2. The number of carbonyl (C=O) groups is 2. The van der Waals surface area contributed by atoms with Crippen LogP contribution in [0.15, 0.2) is 55.0 Å². The van der Waals surface area contributed by atoms with E-state index in [1.165, 1.54) is 13.4 Å². The number of amides is 1. The lowest BCUT2D eigenvalue weighted by molar-refractivity contribution is -0.145. The molecular weight excluding hydrogens is 330 g/mol. The average Bonchev–Trinajstić information content (AvgIpc) is 3.18. The third kappa shape index (κ3) is 4.27. The molecule has 0 aliphatic rings. The Morgan fingerprint density at radius 2 is 2.00 bits per heavy atom. The monoisotopic (exact) mass is 351 g/mol. The molecule has 1 heterocycles. The highest BCUT2D eigenvalue weighted by Gasteiger charge is 2.22. The normalized spacial score (nSPS) is 11.9. The van der Waals surface area contributed by atoms with E-state index in [1.807, 2.05) is 24.3 Å². The first-order chi connectivity index (χ1) is 12.7. The summed E-state index contributed by atoms with van der Waals surface area (Å²) in [6.07, 6.45) is 4.37. The van der Waals surface area contributed by atoms with Gasteiger partial charge in [-0.15, -0.1) is 0 Å². The van der Waals surface area contributed by atoms with E-state index in [4.69, 9.17) is 4.74 Å². The van der Waals surface area contributed by atoms with Gasteiger partial charge in [0.05, 0.1) is 13.4 Å². The number of hydrogen-bond donors (Lipinski definition) is 2. The molecule has 1 aromatic heterocycles. The van der Waals surface area contributed by atoms with Crippen molar-refractivity contribution in [1.82, 2.24) is 15.3 Å². The van der Waals surface area contributed by atoms with Crippen molar-refractivity contribution in [3.63, 3.8) is 0 Å². The second-order valence-electron chi connectivity index (χ2n) is 6.06. The minimum atomic E-state index is -0.736. The Kier molecular flexibility index (Phi) is 5.63. The lowest BCUT2D eigenvalue weighted by Gasteiger charge is -2.16. The Labute approximate surface area is 151 Å². The van der Waals surface area contributed by atoms with E-state index in [0.717, 1.165) is 22.0 Å². The summed E-state index contributed by atoms with van der Waals surface area (Å²) in [5.74, 6) is -0.661. The number of imidazole rings is 1. The zero-order valence-corrected chi connectivity index (χ0v) is 14.6. The van der Waals surface area contributed by atoms with Crippen molar-refractivity contribution in [1.29, 1.82) is 0 Å². The van der Waals surface area contributed by atoms with E-state index < -0.39 is 12.0 Å². The van der Waals surface area contributed by atoms with Gasteiger partial charge < -0.3 is 15.0 Å². The molecule has 1 amide bonds. The first kappa shape index (κ1) is 17.7. The number of carbonyl (C=O) groups excluding carboxylic acids is 2. The number of nitrogens with one attached hydrogen (secondary N) is 2. The molecule has 6 heteroatoms. The lowest BCUT2D eigenvalue weighted by Crippen LogP contribution is -2.43. The van der Waals surface area contributed by atoms with E-state index in [9.17, 15) is 9.59 Å². The number of aryl methyl sites for hydroxylation is 1. The van der Waals surface area contributed by atoms with Crippen molar-refractivity contribution >= 4 is 22.6 Å². The van der Waals surface area contributed by atoms with Crippen LogP contribution < -0.4 is 5.32 Å². The Balaban J connectivity index is 1.63. The minimum absolute atomic E-state index is 0.187. The molecular formula is C20H21N3O3. The van der Waals surface area contributed by atoms with Crippen LogP contribution in [0.1, 0.15) is 17.7 Å². The highest BCUT2D eigenvalue weighted by molar-refractivity contribution is 5.87. The Bertz CT molecular complexity index is 885. The first-order valence-electron chi connectivity index (χ1n) is 8.48. The molecule has 0 fully saturated rings. The predicted octanol–water partition coefficient (Wildman–Crippen LogP) is 2.40. The number of nitrogens with zero attached hydrogens (tertiary/aromatic N) is 1. The van der Waals surface area contributed by atoms with Gasteiger partial charge >= 0.3 is 5.97 Å². The molecule has 2 N–H and O–H groups in total. The molecule has 1 unspecified atom stereocenters. The predicted molar refractivity (Wildman–Crippen MR) is 98.5 cm³/mol. The number of ether oxygens (including phenoxy) is 1. The topological polar surface area (TPSA) is 84.1 Å². The Morgan fingerprint density at radius 3 is 2.77 bits per heavy atom. The molecule has 0 spiro atoms.